The molecule has 2 aromatic rings. The lowest BCUT2D eigenvalue weighted by Gasteiger charge is -2.19. The molecule has 1 heterocycles. The highest BCUT2D eigenvalue weighted by atomic mass is 16.6. The summed E-state index contributed by atoms with van der Waals surface area (Å²) < 4.78 is 16.1. The van der Waals surface area contributed by atoms with E-state index in [1.807, 2.05) is 37.3 Å². The van der Waals surface area contributed by atoms with Gasteiger partial charge in [-0.3, -0.25) is 9.59 Å². The lowest BCUT2D eigenvalue weighted by Crippen LogP contribution is -2.24. The lowest BCUT2D eigenvalue weighted by molar-refractivity contribution is -0.149. The first kappa shape index (κ1) is 17.8. The number of esters is 1. The van der Waals surface area contributed by atoms with Crippen molar-refractivity contribution in [3.8, 4) is 11.5 Å². The summed E-state index contributed by atoms with van der Waals surface area (Å²) in [5.74, 6) is 0.0442. The molecule has 26 heavy (non-hydrogen) atoms. The molecule has 0 saturated carbocycles. The number of carbonyl (C=O) groups is 2. The quantitative estimate of drug-likeness (QED) is 0.806. The van der Waals surface area contributed by atoms with E-state index in [9.17, 15) is 9.59 Å². The van der Waals surface area contributed by atoms with E-state index in [4.69, 9.17) is 14.2 Å². The van der Waals surface area contributed by atoms with Crippen LogP contribution >= 0.6 is 0 Å². The number of fused-ring (bicyclic) bond motifs is 1. The van der Waals surface area contributed by atoms with E-state index in [1.165, 1.54) is 0 Å². The molecule has 0 spiro atoms. The summed E-state index contributed by atoms with van der Waals surface area (Å²) >= 11 is 0. The minimum absolute atomic E-state index is 0.337. The first-order chi connectivity index (χ1) is 12.7. The Morgan fingerprint density at radius 3 is 2.54 bits per heavy atom. The normalized spacial score (nSPS) is 13.6. The standard InChI is InChI=1S/C20H21NO5/c1-2-16(14-6-4-3-5-7-14)20(23)26-13-19(22)21-15-8-9-17-18(12-15)25-11-10-24-17/h3-9,12,16H,2,10-11,13H2,1H3,(H,21,22)/t16-/m0/s1. The SMILES string of the molecule is CC[C@H](C(=O)OCC(=O)Nc1ccc2c(c1)OCCO2)c1ccccc1. The number of hydrogen-bond acceptors (Lipinski definition) is 5. The highest BCUT2D eigenvalue weighted by molar-refractivity contribution is 5.93. The van der Waals surface area contributed by atoms with Crippen LogP contribution in [0, 0.1) is 0 Å². The van der Waals surface area contributed by atoms with Gasteiger partial charge < -0.3 is 19.5 Å². The van der Waals surface area contributed by atoms with Gasteiger partial charge in [0.1, 0.15) is 13.2 Å². The summed E-state index contributed by atoms with van der Waals surface area (Å²) in [4.78, 5) is 24.4. The molecule has 1 N–H and O–H groups in total. The number of amides is 1. The van der Waals surface area contributed by atoms with Crippen LogP contribution in [0.3, 0.4) is 0 Å². The Balaban J connectivity index is 1.54. The number of hydrogen-bond donors (Lipinski definition) is 1. The molecule has 3 rings (SSSR count). The maximum absolute atomic E-state index is 12.3. The number of nitrogens with one attached hydrogen (secondary N) is 1. The van der Waals surface area contributed by atoms with Crippen LogP contribution in [0.15, 0.2) is 48.5 Å². The summed E-state index contributed by atoms with van der Waals surface area (Å²) in [7, 11) is 0. The first-order valence-electron chi connectivity index (χ1n) is 8.58. The average molecular weight is 355 g/mol. The van der Waals surface area contributed by atoms with E-state index in [2.05, 4.69) is 5.32 Å². The van der Waals surface area contributed by atoms with Crippen LogP contribution in [-0.2, 0) is 14.3 Å². The van der Waals surface area contributed by atoms with Gasteiger partial charge in [0, 0.05) is 11.8 Å². The Hall–Kier alpha value is -3.02. The highest BCUT2D eigenvalue weighted by Crippen LogP contribution is 2.32. The molecule has 0 aliphatic carbocycles. The molecule has 0 radical (unpaired) electrons. The number of anilines is 1. The summed E-state index contributed by atoms with van der Waals surface area (Å²) in [5, 5.41) is 2.69. The zero-order valence-electron chi connectivity index (χ0n) is 14.6. The van der Waals surface area contributed by atoms with Crippen molar-refractivity contribution < 1.29 is 23.8 Å². The van der Waals surface area contributed by atoms with E-state index in [0.717, 1.165) is 5.56 Å². The van der Waals surface area contributed by atoms with Gasteiger partial charge in [-0.2, -0.15) is 0 Å². The fourth-order valence-electron chi connectivity index (χ4n) is 2.78. The Morgan fingerprint density at radius 1 is 1.08 bits per heavy atom. The molecular weight excluding hydrogens is 334 g/mol. The second kappa shape index (κ2) is 8.38. The molecule has 136 valence electrons. The van der Waals surface area contributed by atoms with Crippen LogP contribution in [-0.4, -0.2) is 31.7 Å². The fourth-order valence-corrected chi connectivity index (χ4v) is 2.78. The minimum atomic E-state index is -0.406. The molecule has 0 aromatic heterocycles. The molecule has 1 amide bonds. The van der Waals surface area contributed by atoms with Crippen molar-refractivity contribution in [2.75, 3.05) is 25.1 Å². The zero-order chi connectivity index (χ0) is 18.4. The maximum atomic E-state index is 12.3. The van der Waals surface area contributed by atoms with Gasteiger partial charge in [0.25, 0.3) is 5.91 Å². The van der Waals surface area contributed by atoms with Gasteiger partial charge in [0.2, 0.25) is 0 Å². The summed E-state index contributed by atoms with van der Waals surface area (Å²) in [6.45, 7) is 2.55. The van der Waals surface area contributed by atoms with Crippen molar-refractivity contribution in [3.05, 3.63) is 54.1 Å². The van der Waals surface area contributed by atoms with Crippen molar-refractivity contribution >= 4 is 17.6 Å². The van der Waals surface area contributed by atoms with E-state index in [-0.39, 0.29) is 12.5 Å². The molecule has 0 saturated heterocycles. The van der Waals surface area contributed by atoms with Gasteiger partial charge in [-0.1, -0.05) is 37.3 Å². The summed E-state index contributed by atoms with van der Waals surface area (Å²) in [5.41, 5.74) is 1.44. The van der Waals surface area contributed by atoms with Crippen LogP contribution < -0.4 is 14.8 Å². The van der Waals surface area contributed by atoms with Crippen LogP contribution in [0.4, 0.5) is 5.69 Å². The third kappa shape index (κ3) is 4.33. The van der Waals surface area contributed by atoms with Crippen LogP contribution in [0.2, 0.25) is 0 Å². The smallest absolute Gasteiger partial charge is 0.313 e. The Bertz CT molecular complexity index is 775. The van der Waals surface area contributed by atoms with Crippen LogP contribution in [0.1, 0.15) is 24.8 Å². The average Bonchev–Trinajstić information content (AvgIpc) is 2.68. The fraction of sp³-hybridized carbons (Fsp3) is 0.300. The van der Waals surface area contributed by atoms with E-state index >= 15 is 0 Å². The second-order valence-electron chi connectivity index (χ2n) is 5.89. The molecule has 1 atom stereocenters. The third-order valence-corrected chi connectivity index (χ3v) is 4.07. The summed E-state index contributed by atoms with van der Waals surface area (Å²) in [6.07, 6.45) is 0.604. The molecule has 0 fully saturated rings. The topological polar surface area (TPSA) is 73.9 Å². The molecule has 0 bridgehead atoms. The molecule has 6 heteroatoms. The molecule has 1 aliphatic heterocycles. The van der Waals surface area contributed by atoms with Crippen molar-refractivity contribution in [3.63, 3.8) is 0 Å². The van der Waals surface area contributed by atoms with Gasteiger partial charge in [0.05, 0.1) is 5.92 Å². The number of carbonyl (C=O) groups excluding carboxylic acids is 2. The molecule has 0 unspecified atom stereocenters. The van der Waals surface area contributed by atoms with Gasteiger partial charge in [-0.15, -0.1) is 0 Å². The maximum Gasteiger partial charge on any atom is 0.313 e. The number of ether oxygens (including phenoxy) is 3. The highest BCUT2D eigenvalue weighted by Gasteiger charge is 2.21. The Kier molecular flexibility index (Phi) is 5.73. The molecule has 2 aromatic carbocycles. The first-order valence-corrected chi connectivity index (χ1v) is 8.58. The van der Waals surface area contributed by atoms with Crippen molar-refractivity contribution in [1.29, 1.82) is 0 Å². The van der Waals surface area contributed by atoms with E-state index in [1.54, 1.807) is 18.2 Å². The predicted molar refractivity (Wildman–Crippen MR) is 96.5 cm³/mol. The van der Waals surface area contributed by atoms with Crippen molar-refractivity contribution in [2.45, 2.75) is 19.3 Å². The molecular formula is C20H21NO5. The Morgan fingerprint density at radius 2 is 1.81 bits per heavy atom. The lowest BCUT2D eigenvalue weighted by atomic mass is 9.97. The second-order valence-corrected chi connectivity index (χ2v) is 5.89. The van der Waals surface area contributed by atoms with Crippen LogP contribution in [0.5, 0.6) is 11.5 Å². The van der Waals surface area contributed by atoms with Crippen molar-refractivity contribution in [1.82, 2.24) is 0 Å². The summed E-state index contributed by atoms with van der Waals surface area (Å²) in [6, 6.07) is 14.5. The minimum Gasteiger partial charge on any atom is -0.486 e. The number of rotatable bonds is 6. The molecule has 6 nitrogen and oxygen atoms in total. The van der Waals surface area contributed by atoms with Gasteiger partial charge >= 0.3 is 5.97 Å². The third-order valence-electron chi connectivity index (χ3n) is 4.07. The van der Waals surface area contributed by atoms with Crippen molar-refractivity contribution in [2.24, 2.45) is 0 Å². The van der Waals surface area contributed by atoms with Gasteiger partial charge in [0.15, 0.2) is 18.1 Å². The monoisotopic (exact) mass is 355 g/mol. The molecule has 1 aliphatic rings. The zero-order valence-corrected chi connectivity index (χ0v) is 14.6. The van der Waals surface area contributed by atoms with E-state index < -0.39 is 11.9 Å². The van der Waals surface area contributed by atoms with Crippen LogP contribution in [0.25, 0.3) is 0 Å². The number of benzene rings is 2. The Labute approximate surface area is 152 Å². The largest absolute Gasteiger partial charge is 0.486 e. The predicted octanol–water partition coefficient (Wildman–Crippen LogP) is 3.13. The van der Waals surface area contributed by atoms with E-state index in [0.29, 0.717) is 36.8 Å². The van der Waals surface area contributed by atoms with Gasteiger partial charge in [-0.25, -0.2) is 0 Å². The van der Waals surface area contributed by atoms with Gasteiger partial charge in [-0.05, 0) is 24.1 Å².